The van der Waals surface area contributed by atoms with E-state index in [2.05, 4.69) is 27.7 Å². The summed E-state index contributed by atoms with van der Waals surface area (Å²) in [5.74, 6) is 0.555. The van der Waals surface area contributed by atoms with Gasteiger partial charge in [-0.2, -0.15) is 0 Å². The highest BCUT2D eigenvalue weighted by Crippen LogP contribution is 2.45. The molecular weight excluding hydrogens is 155 g/mol. The van der Waals surface area contributed by atoms with E-state index in [9.17, 15) is 4.57 Å². The van der Waals surface area contributed by atoms with E-state index in [0.29, 0.717) is 5.92 Å². The lowest BCUT2D eigenvalue weighted by molar-refractivity contribution is 0.187. The average Bonchev–Trinajstić information content (AvgIpc) is 1.87. The second-order valence-electron chi connectivity index (χ2n) is 4.53. The van der Waals surface area contributed by atoms with Gasteiger partial charge in [0.05, 0.1) is 5.16 Å². The van der Waals surface area contributed by atoms with Crippen molar-refractivity contribution in [2.24, 2.45) is 11.3 Å². The average molecular weight is 174 g/mol. The van der Waals surface area contributed by atoms with Crippen LogP contribution in [0, 0.1) is 11.3 Å². The smallest absolute Gasteiger partial charge is 0.162 e. The highest BCUT2D eigenvalue weighted by Gasteiger charge is 2.40. The van der Waals surface area contributed by atoms with E-state index in [0.717, 1.165) is 0 Å². The maximum Gasteiger partial charge on any atom is 0.162 e. The lowest BCUT2D eigenvalue weighted by atomic mass is 9.72. The van der Waals surface area contributed by atoms with Crippen LogP contribution >= 0.6 is 8.46 Å². The van der Waals surface area contributed by atoms with E-state index in [-0.39, 0.29) is 19.0 Å². The predicted octanol–water partition coefficient (Wildman–Crippen LogP) is 3.74. The molecule has 0 aliphatic carbocycles. The van der Waals surface area contributed by atoms with E-state index in [4.69, 9.17) is 0 Å². The van der Waals surface area contributed by atoms with Gasteiger partial charge in [-0.3, -0.25) is 4.57 Å². The van der Waals surface area contributed by atoms with Gasteiger partial charge in [0.2, 0.25) is 0 Å². The summed E-state index contributed by atoms with van der Waals surface area (Å²) >= 11 is 0. The third-order valence-corrected chi connectivity index (χ3v) is 4.28. The predicted molar refractivity (Wildman–Crippen MR) is 50.3 cm³/mol. The van der Waals surface area contributed by atoms with Crippen molar-refractivity contribution in [3.63, 3.8) is 0 Å². The van der Waals surface area contributed by atoms with Gasteiger partial charge in [-0.15, -0.1) is 0 Å². The van der Waals surface area contributed by atoms with E-state index in [1.54, 1.807) is 0 Å². The maximum atomic E-state index is 10.9. The molecule has 0 unspecified atom stereocenters. The van der Waals surface area contributed by atoms with Crippen molar-refractivity contribution in [3.8, 4) is 0 Å². The summed E-state index contributed by atoms with van der Waals surface area (Å²) < 4.78 is 10.9. The minimum Gasteiger partial charge on any atom is -0.274 e. The first-order chi connectivity index (χ1) is 4.75. The molecule has 2 heteroatoms. The molecule has 0 radical (unpaired) electrons. The van der Waals surface area contributed by atoms with Crippen LogP contribution in [0.1, 0.15) is 41.5 Å². The van der Waals surface area contributed by atoms with Gasteiger partial charge >= 0.3 is 0 Å². The molecule has 1 nitrogen and oxygen atoms in total. The Morgan fingerprint density at radius 1 is 1.09 bits per heavy atom. The molecular formula is C9H19OP. The van der Waals surface area contributed by atoms with Crippen molar-refractivity contribution >= 4 is 8.46 Å². The number of hydrogen-bond donors (Lipinski definition) is 0. The maximum absolute atomic E-state index is 10.9. The molecule has 0 heterocycles. The van der Waals surface area contributed by atoms with E-state index >= 15 is 0 Å². The summed E-state index contributed by atoms with van der Waals surface area (Å²) in [6, 6.07) is 0. The molecule has 0 saturated carbocycles. The van der Waals surface area contributed by atoms with Crippen LogP contribution in [0.2, 0.25) is 0 Å². The van der Waals surface area contributed by atoms with E-state index in [1.807, 2.05) is 13.8 Å². The molecule has 0 aliphatic heterocycles. The zero-order valence-electron chi connectivity index (χ0n) is 8.43. The molecule has 0 N–H and O–H groups in total. The second-order valence-corrected chi connectivity index (χ2v) is 5.83. The van der Waals surface area contributed by atoms with Gasteiger partial charge in [0.1, 0.15) is 0 Å². The molecule has 0 rings (SSSR count). The molecule has 0 amide bonds. The van der Waals surface area contributed by atoms with Crippen LogP contribution in [0.5, 0.6) is 0 Å². The van der Waals surface area contributed by atoms with Crippen LogP contribution in [0.3, 0.4) is 0 Å². The lowest BCUT2D eigenvalue weighted by Crippen LogP contribution is -2.38. The molecule has 0 aliphatic rings. The van der Waals surface area contributed by atoms with Gasteiger partial charge in [0.25, 0.3) is 0 Å². The largest absolute Gasteiger partial charge is 0.274 e. The zero-order chi connectivity index (χ0) is 9.28. The van der Waals surface area contributed by atoms with Crippen LogP contribution in [0.25, 0.3) is 0 Å². The van der Waals surface area contributed by atoms with Crippen LogP contribution < -0.4 is 0 Å². The highest BCUT2D eigenvalue weighted by atomic mass is 31.1. The Labute approximate surface area is 71.8 Å². The van der Waals surface area contributed by atoms with Crippen LogP contribution in [-0.2, 0) is 4.57 Å². The van der Waals surface area contributed by atoms with Crippen molar-refractivity contribution in [1.82, 2.24) is 0 Å². The summed E-state index contributed by atoms with van der Waals surface area (Å²) in [6.07, 6.45) is 0. The SMILES string of the molecule is CC(C)C(C)(C)C(C)(C)P=O. The Morgan fingerprint density at radius 2 is 1.45 bits per heavy atom. The standard InChI is InChI=1S/C9H19OP/c1-7(2)8(3,4)9(5,6)11-10/h7H,1-6H3. The molecule has 0 aromatic carbocycles. The topological polar surface area (TPSA) is 17.1 Å². The van der Waals surface area contributed by atoms with Gasteiger partial charge < -0.3 is 0 Å². The number of hydrogen-bond acceptors (Lipinski definition) is 1. The van der Waals surface area contributed by atoms with Crippen molar-refractivity contribution in [1.29, 1.82) is 0 Å². The zero-order valence-corrected chi connectivity index (χ0v) is 9.33. The molecule has 0 spiro atoms. The Morgan fingerprint density at radius 3 is 1.55 bits per heavy atom. The van der Waals surface area contributed by atoms with E-state index < -0.39 is 0 Å². The minimum absolute atomic E-state index is 0.121. The van der Waals surface area contributed by atoms with Gasteiger partial charge in [-0.25, -0.2) is 0 Å². The van der Waals surface area contributed by atoms with Crippen molar-refractivity contribution in [2.45, 2.75) is 46.7 Å². The first kappa shape index (κ1) is 11.1. The molecule has 0 bridgehead atoms. The molecule has 0 atom stereocenters. The van der Waals surface area contributed by atoms with Gasteiger partial charge in [-0.05, 0) is 25.2 Å². The second kappa shape index (κ2) is 3.23. The summed E-state index contributed by atoms with van der Waals surface area (Å²) in [4.78, 5) is 0. The minimum atomic E-state index is -0.124. The number of rotatable bonds is 3. The monoisotopic (exact) mass is 174 g/mol. The Bertz CT molecular complexity index is 148. The molecule has 66 valence electrons. The van der Waals surface area contributed by atoms with Gasteiger partial charge in [-0.1, -0.05) is 27.7 Å². The molecule has 0 aromatic rings. The van der Waals surface area contributed by atoms with Crippen LogP contribution in [-0.4, -0.2) is 5.16 Å². The first-order valence-electron chi connectivity index (χ1n) is 4.10. The molecule has 0 aromatic heterocycles. The Kier molecular flexibility index (Phi) is 3.26. The van der Waals surface area contributed by atoms with Crippen LogP contribution in [0.15, 0.2) is 0 Å². The summed E-state index contributed by atoms with van der Waals surface area (Å²) in [5.41, 5.74) is 0.121. The third kappa shape index (κ3) is 2.02. The quantitative estimate of drug-likeness (QED) is 0.595. The Hall–Kier alpha value is 0.100. The summed E-state index contributed by atoms with van der Waals surface area (Å²) in [5, 5.41) is -0.124. The van der Waals surface area contributed by atoms with Gasteiger partial charge in [0.15, 0.2) is 8.46 Å². The van der Waals surface area contributed by atoms with Crippen molar-refractivity contribution in [2.75, 3.05) is 0 Å². The summed E-state index contributed by atoms with van der Waals surface area (Å²) in [7, 11) is 0.246. The fourth-order valence-corrected chi connectivity index (χ4v) is 1.32. The van der Waals surface area contributed by atoms with E-state index in [1.165, 1.54) is 0 Å². The van der Waals surface area contributed by atoms with Crippen molar-refractivity contribution in [3.05, 3.63) is 0 Å². The molecule has 0 fully saturated rings. The van der Waals surface area contributed by atoms with Gasteiger partial charge in [0, 0.05) is 0 Å². The first-order valence-corrected chi connectivity index (χ1v) is 4.91. The third-order valence-electron chi connectivity index (χ3n) is 3.25. The molecule has 0 saturated heterocycles. The highest BCUT2D eigenvalue weighted by molar-refractivity contribution is 7.26. The van der Waals surface area contributed by atoms with Crippen molar-refractivity contribution < 1.29 is 4.57 Å². The lowest BCUT2D eigenvalue weighted by Gasteiger charge is -2.40. The molecule has 11 heavy (non-hydrogen) atoms. The normalized spacial score (nSPS) is 14.5. The van der Waals surface area contributed by atoms with Crippen LogP contribution in [0.4, 0.5) is 0 Å². The fraction of sp³-hybridized carbons (Fsp3) is 1.00. The summed E-state index contributed by atoms with van der Waals surface area (Å²) in [6.45, 7) is 12.8. The Balaban J connectivity index is 4.66. The fourth-order valence-electron chi connectivity index (χ4n) is 0.824.